The van der Waals surface area contributed by atoms with E-state index in [4.69, 9.17) is 0 Å². The molecule has 2 fully saturated rings. The highest BCUT2D eigenvalue weighted by atomic mass is 16.1. The fourth-order valence-corrected chi connectivity index (χ4v) is 3.11. The monoisotopic (exact) mass is 245 g/mol. The molecule has 1 aromatic rings. The van der Waals surface area contributed by atoms with E-state index in [0.29, 0.717) is 11.6 Å². The number of hydrogen-bond donors (Lipinski definition) is 0. The molecular formula is C14H19N3O. The summed E-state index contributed by atoms with van der Waals surface area (Å²) in [7, 11) is 0. The van der Waals surface area contributed by atoms with Gasteiger partial charge in [0.1, 0.15) is 5.82 Å². The average Bonchev–Trinajstić information content (AvgIpc) is 2.46. The first-order valence-electron chi connectivity index (χ1n) is 6.77. The van der Waals surface area contributed by atoms with Crippen LogP contribution in [0.1, 0.15) is 29.6 Å². The molecule has 0 N–H and O–H groups in total. The number of carbonyl (C=O) groups is 1. The lowest BCUT2D eigenvalue weighted by Gasteiger charge is -2.44. The number of nitrogens with zero attached hydrogens (tertiary/aromatic N) is 3. The van der Waals surface area contributed by atoms with Gasteiger partial charge >= 0.3 is 0 Å². The third-order valence-corrected chi connectivity index (χ3v) is 4.08. The minimum atomic E-state index is 0.647. The zero-order valence-corrected chi connectivity index (χ0v) is 10.6. The van der Waals surface area contributed by atoms with Crippen LogP contribution in [0.4, 0.5) is 5.82 Å². The van der Waals surface area contributed by atoms with E-state index in [-0.39, 0.29) is 0 Å². The lowest BCUT2D eigenvalue weighted by Crippen LogP contribution is -2.55. The molecule has 0 spiro atoms. The number of anilines is 1. The van der Waals surface area contributed by atoms with Gasteiger partial charge in [0.05, 0.1) is 5.56 Å². The first kappa shape index (κ1) is 11.7. The molecule has 96 valence electrons. The predicted octanol–water partition coefficient (Wildman–Crippen LogP) is 1.57. The van der Waals surface area contributed by atoms with Crippen molar-refractivity contribution in [2.45, 2.75) is 25.3 Å². The largest absolute Gasteiger partial charge is 0.353 e. The summed E-state index contributed by atoms with van der Waals surface area (Å²) in [5, 5.41) is 0. The Hall–Kier alpha value is -1.42. The Morgan fingerprint density at radius 1 is 1.28 bits per heavy atom. The molecule has 1 unspecified atom stereocenters. The molecule has 0 saturated carbocycles. The lowest BCUT2D eigenvalue weighted by atomic mass is 9.99. The summed E-state index contributed by atoms with van der Waals surface area (Å²) in [5.41, 5.74) is 0.710. The second kappa shape index (κ2) is 5.06. The summed E-state index contributed by atoms with van der Waals surface area (Å²) < 4.78 is 0. The standard InChI is InChI=1S/C14H19N3O/c18-11-12-4-3-6-15-14(12)17-9-8-16-7-2-1-5-13(16)10-17/h3-4,6,11,13H,1-2,5,7-10H2. The number of carbonyl (C=O) groups excluding carboxylic acids is 1. The maximum absolute atomic E-state index is 11.1. The molecule has 0 amide bonds. The van der Waals surface area contributed by atoms with Crippen molar-refractivity contribution >= 4 is 12.1 Å². The average molecular weight is 245 g/mol. The van der Waals surface area contributed by atoms with Gasteiger partial charge in [-0.15, -0.1) is 0 Å². The number of piperazine rings is 1. The number of piperidine rings is 1. The zero-order valence-electron chi connectivity index (χ0n) is 10.6. The molecule has 2 saturated heterocycles. The van der Waals surface area contributed by atoms with Crippen molar-refractivity contribution in [3.05, 3.63) is 23.9 Å². The van der Waals surface area contributed by atoms with Crippen LogP contribution in [-0.4, -0.2) is 48.4 Å². The van der Waals surface area contributed by atoms with E-state index in [2.05, 4.69) is 14.8 Å². The molecule has 0 bridgehead atoms. The molecule has 4 nitrogen and oxygen atoms in total. The van der Waals surface area contributed by atoms with Crippen LogP contribution in [0.2, 0.25) is 0 Å². The van der Waals surface area contributed by atoms with E-state index in [1.165, 1.54) is 25.8 Å². The van der Waals surface area contributed by atoms with E-state index < -0.39 is 0 Å². The summed E-state index contributed by atoms with van der Waals surface area (Å²) in [5.74, 6) is 0.859. The predicted molar refractivity (Wildman–Crippen MR) is 71.0 cm³/mol. The number of aromatic nitrogens is 1. The number of aldehydes is 1. The summed E-state index contributed by atoms with van der Waals surface area (Å²) in [6.07, 6.45) is 6.63. The van der Waals surface area contributed by atoms with Crippen LogP contribution in [0.15, 0.2) is 18.3 Å². The molecular weight excluding hydrogens is 226 g/mol. The summed E-state index contributed by atoms with van der Waals surface area (Å²) in [6.45, 7) is 4.33. The smallest absolute Gasteiger partial charge is 0.153 e. The van der Waals surface area contributed by atoms with Gasteiger partial charge in [-0.05, 0) is 31.5 Å². The Kier molecular flexibility index (Phi) is 3.28. The zero-order chi connectivity index (χ0) is 12.4. The van der Waals surface area contributed by atoms with Gasteiger partial charge in [0.25, 0.3) is 0 Å². The molecule has 3 heterocycles. The Bertz CT molecular complexity index is 435. The third kappa shape index (κ3) is 2.12. The minimum Gasteiger partial charge on any atom is -0.353 e. The molecule has 2 aliphatic rings. The molecule has 3 rings (SSSR count). The summed E-state index contributed by atoms with van der Waals surface area (Å²) in [4.78, 5) is 20.3. The van der Waals surface area contributed by atoms with Crippen LogP contribution >= 0.6 is 0 Å². The van der Waals surface area contributed by atoms with Crippen LogP contribution in [0.25, 0.3) is 0 Å². The van der Waals surface area contributed by atoms with E-state index in [0.717, 1.165) is 31.7 Å². The number of pyridine rings is 1. The summed E-state index contributed by atoms with van der Waals surface area (Å²) >= 11 is 0. The third-order valence-electron chi connectivity index (χ3n) is 4.08. The lowest BCUT2D eigenvalue weighted by molar-refractivity contribution is 0.112. The van der Waals surface area contributed by atoms with Gasteiger partial charge in [-0.1, -0.05) is 6.42 Å². The first-order chi connectivity index (χ1) is 8.88. The highest BCUT2D eigenvalue weighted by Gasteiger charge is 2.29. The van der Waals surface area contributed by atoms with Gasteiger partial charge in [-0.2, -0.15) is 0 Å². The van der Waals surface area contributed by atoms with E-state index in [1.54, 1.807) is 6.20 Å². The normalized spacial score (nSPS) is 24.7. The van der Waals surface area contributed by atoms with Gasteiger partial charge in [-0.3, -0.25) is 9.69 Å². The molecule has 2 aliphatic heterocycles. The minimum absolute atomic E-state index is 0.647. The Labute approximate surface area is 108 Å². The molecule has 0 aliphatic carbocycles. The molecule has 1 aromatic heterocycles. The highest BCUT2D eigenvalue weighted by Crippen LogP contribution is 2.25. The fraction of sp³-hybridized carbons (Fsp3) is 0.571. The molecule has 1 atom stereocenters. The molecule has 18 heavy (non-hydrogen) atoms. The van der Waals surface area contributed by atoms with Crippen LogP contribution in [-0.2, 0) is 0 Å². The topological polar surface area (TPSA) is 36.4 Å². The van der Waals surface area contributed by atoms with Crippen LogP contribution in [0.3, 0.4) is 0 Å². The van der Waals surface area contributed by atoms with Gasteiger partial charge < -0.3 is 4.90 Å². The summed E-state index contributed by atoms with van der Waals surface area (Å²) in [6, 6.07) is 4.32. The maximum Gasteiger partial charge on any atom is 0.153 e. The fourth-order valence-electron chi connectivity index (χ4n) is 3.11. The number of hydrogen-bond acceptors (Lipinski definition) is 4. The van der Waals surface area contributed by atoms with Gasteiger partial charge in [0, 0.05) is 31.9 Å². The SMILES string of the molecule is O=Cc1cccnc1N1CCN2CCCCC2C1. The second-order valence-corrected chi connectivity index (χ2v) is 5.17. The van der Waals surface area contributed by atoms with Crippen molar-refractivity contribution in [3.63, 3.8) is 0 Å². The number of rotatable bonds is 2. The van der Waals surface area contributed by atoms with Crippen LogP contribution < -0.4 is 4.90 Å². The Morgan fingerprint density at radius 3 is 3.11 bits per heavy atom. The van der Waals surface area contributed by atoms with Crippen LogP contribution in [0, 0.1) is 0 Å². The second-order valence-electron chi connectivity index (χ2n) is 5.17. The molecule has 0 radical (unpaired) electrons. The van der Waals surface area contributed by atoms with Crippen molar-refractivity contribution in [1.82, 2.24) is 9.88 Å². The highest BCUT2D eigenvalue weighted by molar-refractivity contribution is 5.82. The van der Waals surface area contributed by atoms with Crippen molar-refractivity contribution < 1.29 is 4.79 Å². The molecule has 0 aromatic carbocycles. The quantitative estimate of drug-likeness (QED) is 0.741. The van der Waals surface area contributed by atoms with Crippen molar-refractivity contribution in [3.8, 4) is 0 Å². The van der Waals surface area contributed by atoms with Crippen molar-refractivity contribution in [2.24, 2.45) is 0 Å². The maximum atomic E-state index is 11.1. The Morgan fingerprint density at radius 2 is 2.22 bits per heavy atom. The van der Waals surface area contributed by atoms with Gasteiger partial charge in [0.15, 0.2) is 6.29 Å². The van der Waals surface area contributed by atoms with Gasteiger partial charge in [0.2, 0.25) is 0 Å². The number of fused-ring (bicyclic) bond motifs is 1. The van der Waals surface area contributed by atoms with E-state index >= 15 is 0 Å². The van der Waals surface area contributed by atoms with E-state index in [1.807, 2.05) is 12.1 Å². The van der Waals surface area contributed by atoms with Gasteiger partial charge in [-0.25, -0.2) is 4.98 Å². The molecule has 4 heteroatoms. The first-order valence-corrected chi connectivity index (χ1v) is 6.77. The van der Waals surface area contributed by atoms with Crippen molar-refractivity contribution in [1.29, 1.82) is 0 Å². The Balaban J connectivity index is 1.79. The van der Waals surface area contributed by atoms with Crippen molar-refractivity contribution in [2.75, 3.05) is 31.1 Å². The van der Waals surface area contributed by atoms with E-state index in [9.17, 15) is 4.79 Å². The van der Waals surface area contributed by atoms with Crippen LogP contribution in [0.5, 0.6) is 0 Å².